The minimum absolute atomic E-state index is 0.276. The highest BCUT2D eigenvalue weighted by molar-refractivity contribution is 5.66. The van der Waals surface area contributed by atoms with Crippen LogP contribution in [0.25, 0.3) is 0 Å². The summed E-state index contributed by atoms with van der Waals surface area (Å²) >= 11 is 0. The molecule has 1 aliphatic carbocycles. The van der Waals surface area contributed by atoms with Gasteiger partial charge < -0.3 is 5.11 Å². The normalized spacial score (nSPS) is 17.2. The van der Waals surface area contributed by atoms with Gasteiger partial charge in [0.2, 0.25) is 0 Å². The Balaban J connectivity index is 2.25. The molecule has 0 aromatic carbocycles. The van der Waals surface area contributed by atoms with Gasteiger partial charge in [0.25, 0.3) is 0 Å². The van der Waals surface area contributed by atoms with Crippen LogP contribution >= 0.6 is 0 Å². The number of carboxylic acids is 1. The van der Waals surface area contributed by atoms with Crippen LogP contribution in [0.5, 0.6) is 0 Å². The lowest BCUT2D eigenvalue weighted by molar-refractivity contribution is -0.137. The molecule has 0 aromatic heterocycles. The number of rotatable bonds is 8. The van der Waals surface area contributed by atoms with Crippen LogP contribution in [-0.4, -0.2) is 35.6 Å². The maximum absolute atomic E-state index is 10.5. The van der Waals surface area contributed by atoms with Crippen LogP contribution in [0.3, 0.4) is 0 Å². The first kappa shape index (κ1) is 14.2. The maximum Gasteiger partial charge on any atom is 0.303 e. The van der Waals surface area contributed by atoms with Gasteiger partial charge in [-0.05, 0) is 31.7 Å². The minimum Gasteiger partial charge on any atom is -0.481 e. The van der Waals surface area contributed by atoms with E-state index in [0.717, 1.165) is 32.0 Å². The quantitative estimate of drug-likeness (QED) is 0.662. The molecule has 1 rings (SSSR count). The van der Waals surface area contributed by atoms with Crippen molar-refractivity contribution < 1.29 is 9.90 Å². The monoisotopic (exact) mass is 239 g/mol. The molecule has 0 bridgehead atoms. The summed E-state index contributed by atoms with van der Waals surface area (Å²) in [5.41, 5.74) is 0. The zero-order valence-electron chi connectivity index (χ0n) is 10.7. The molecule has 0 amide bonds. The highest BCUT2D eigenvalue weighted by Gasteiger charge is 2.16. The van der Waals surface area contributed by atoms with Crippen molar-refractivity contribution in [2.45, 2.75) is 44.9 Å². The number of aliphatic carboxylic acids is 1. The van der Waals surface area contributed by atoms with E-state index in [4.69, 9.17) is 5.11 Å². The summed E-state index contributed by atoms with van der Waals surface area (Å²) < 4.78 is 0. The molecule has 0 spiro atoms. The number of nitrogens with zero attached hydrogens (tertiary/aromatic N) is 1. The second-order valence-corrected chi connectivity index (χ2v) is 5.05. The third-order valence-electron chi connectivity index (χ3n) is 3.49. The van der Waals surface area contributed by atoms with Gasteiger partial charge in [0.15, 0.2) is 0 Å². The molecule has 1 saturated carbocycles. The molecule has 3 nitrogen and oxygen atoms in total. The molecule has 0 saturated heterocycles. The number of hydrogen-bond acceptors (Lipinski definition) is 2. The highest BCUT2D eigenvalue weighted by atomic mass is 16.4. The second kappa shape index (κ2) is 8.29. The molecule has 1 fully saturated rings. The van der Waals surface area contributed by atoms with Crippen LogP contribution in [-0.2, 0) is 4.79 Å². The van der Waals surface area contributed by atoms with Crippen molar-refractivity contribution in [3.8, 4) is 0 Å². The molecule has 17 heavy (non-hydrogen) atoms. The maximum atomic E-state index is 10.5. The first-order valence-electron chi connectivity index (χ1n) is 6.77. The SMILES string of the molecule is C=CCN(CCCC(=O)O)CC1CCCCC1. The predicted molar refractivity (Wildman–Crippen MR) is 70.1 cm³/mol. The lowest BCUT2D eigenvalue weighted by atomic mass is 9.89. The van der Waals surface area contributed by atoms with E-state index in [1.807, 2.05) is 6.08 Å². The molecule has 0 radical (unpaired) electrons. The molecule has 0 atom stereocenters. The molecule has 3 heteroatoms. The Kier molecular flexibility index (Phi) is 6.94. The smallest absolute Gasteiger partial charge is 0.303 e. The number of hydrogen-bond donors (Lipinski definition) is 1. The van der Waals surface area contributed by atoms with Crippen LogP contribution < -0.4 is 0 Å². The van der Waals surface area contributed by atoms with Gasteiger partial charge in [0.05, 0.1) is 0 Å². The highest BCUT2D eigenvalue weighted by Crippen LogP contribution is 2.24. The van der Waals surface area contributed by atoms with Crippen LogP contribution in [0.4, 0.5) is 0 Å². The van der Waals surface area contributed by atoms with E-state index in [1.54, 1.807) is 0 Å². The topological polar surface area (TPSA) is 40.5 Å². The summed E-state index contributed by atoms with van der Waals surface area (Å²) in [6.07, 6.45) is 9.73. The van der Waals surface area contributed by atoms with Crippen molar-refractivity contribution in [3.63, 3.8) is 0 Å². The summed E-state index contributed by atoms with van der Waals surface area (Å²) in [4.78, 5) is 12.8. The van der Waals surface area contributed by atoms with Crippen molar-refractivity contribution in [1.29, 1.82) is 0 Å². The van der Waals surface area contributed by atoms with Crippen molar-refractivity contribution >= 4 is 5.97 Å². The van der Waals surface area contributed by atoms with Gasteiger partial charge in [-0.25, -0.2) is 0 Å². The average Bonchev–Trinajstić information content (AvgIpc) is 2.30. The van der Waals surface area contributed by atoms with Crippen LogP contribution in [0.2, 0.25) is 0 Å². The van der Waals surface area contributed by atoms with E-state index < -0.39 is 5.97 Å². The summed E-state index contributed by atoms with van der Waals surface area (Å²) in [6.45, 7) is 6.66. The Labute approximate surface area is 105 Å². The first-order valence-corrected chi connectivity index (χ1v) is 6.77. The minimum atomic E-state index is -0.693. The van der Waals surface area contributed by atoms with E-state index in [2.05, 4.69) is 11.5 Å². The van der Waals surface area contributed by atoms with E-state index >= 15 is 0 Å². The van der Waals surface area contributed by atoms with E-state index in [1.165, 1.54) is 32.1 Å². The zero-order chi connectivity index (χ0) is 12.5. The lowest BCUT2D eigenvalue weighted by Gasteiger charge is -2.28. The van der Waals surface area contributed by atoms with Gasteiger partial charge in [-0.1, -0.05) is 25.3 Å². The first-order chi connectivity index (χ1) is 8.22. The van der Waals surface area contributed by atoms with Gasteiger partial charge >= 0.3 is 5.97 Å². The molecule has 0 aliphatic heterocycles. The third kappa shape index (κ3) is 6.47. The van der Waals surface area contributed by atoms with Gasteiger partial charge in [-0.15, -0.1) is 6.58 Å². The van der Waals surface area contributed by atoms with E-state index in [0.29, 0.717) is 0 Å². The van der Waals surface area contributed by atoms with Crippen molar-refractivity contribution in [1.82, 2.24) is 4.90 Å². The second-order valence-electron chi connectivity index (χ2n) is 5.05. The molecular formula is C14H25NO2. The largest absolute Gasteiger partial charge is 0.481 e. The van der Waals surface area contributed by atoms with E-state index in [9.17, 15) is 4.79 Å². The average molecular weight is 239 g/mol. The number of carboxylic acid groups (broad SMARTS) is 1. The molecule has 0 aromatic rings. The van der Waals surface area contributed by atoms with Crippen molar-refractivity contribution in [3.05, 3.63) is 12.7 Å². The van der Waals surface area contributed by atoms with Crippen LogP contribution in [0.1, 0.15) is 44.9 Å². The molecule has 98 valence electrons. The Morgan fingerprint density at radius 1 is 1.35 bits per heavy atom. The summed E-state index contributed by atoms with van der Waals surface area (Å²) in [5, 5.41) is 8.64. The van der Waals surface area contributed by atoms with Gasteiger partial charge in [0, 0.05) is 19.5 Å². The van der Waals surface area contributed by atoms with Crippen molar-refractivity contribution in [2.24, 2.45) is 5.92 Å². The fourth-order valence-corrected chi connectivity index (χ4v) is 2.63. The Morgan fingerprint density at radius 3 is 2.65 bits per heavy atom. The molecule has 1 N–H and O–H groups in total. The summed E-state index contributed by atoms with van der Waals surface area (Å²) in [5.74, 6) is 0.120. The molecule has 0 unspecified atom stereocenters. The van der Waals surface area contributed by atoms with Gasteiger partial charge in [-0.2, -0.15) is 0 Å². The predicted octanol–water partition coefficient (Wildman–Crippen LogP) is 2.92. The van der Waals surface area contributed by atoms with Crippen molar-refractivity contribution in [2.75, 3.05) is 19.6 Å². The summed E-state index contributed by atoms with van der Waals surface area (Å²) in [6, 6.07) is 0. The molecule has 1 aliphatic rings. The molecule has 0 heterocycles. The zero-order valence-corrected chi connectivity index (χ0v) is 10.7. The summed E-state index contributed by atoms with van der Waals surface area (Å²) in [7, 11) is 0. The Hall–Kier alpha value is -0.830. The lowest BCUT2D eigenvalue weighted by Crippen LogP contribution is -2.32. The Bertz CT molecular complexity index is 234. The van der Waals surface area contributed by atoms with Gasteiger partial charge in [-0.3, -0.25) is 9.69 Å². The fraction of sp³-hybridized carbons (Fsp3) is 0.786. The van der Waals surface area contributed by atoms with Gasteiger partial charge in [0.1, 0.15) is 0 Å². The standard InChI is InChI=1S/C14H25NO2/c1-2-10-15(11-6-9-14(16)17)12-13-7-4-3-5-8-13/h2,13H,1,3-12H2,(H,16,17). The van der Waals surface area contributed by atoms with Crippen LogP contribution in [0.15, 0.2) is 12.7 Å². The van der Waals surface area contributed by atoms with E-state index in [-0.39, 0.29) is 6.42 Å². The third-order valence-corrected chi connectivity index (χ3v) is 3.49. The Morgan fingerprint density at radius 2 is 2.06 bits per heavy atom. The fourth-order valence-electron chi connectivity index (χ4n) is 2.63. The number of carbonyl (C=O) groups is 1. The molecular weight excluding hydrogens is 214 g/mol. The van der Waals surface area contributed by atoms with Crippen LogP contribution in [0, 0.1) is 5.92 Å².